The van der Waals surface area contributed by atoms with Crippen molar-refractivity contribution in [2.75, 3.05) is 26.3 Å². The number of hydrogen-bond donors (Lipinski definition) is 5. The first-order valence-electron chi connectivity index (χ1n) is 18.2. The molecule has 0 aliphatic heterocycles. The number of aromatic nitrogens is 2. The lowest BCUT2D eigenvalue weighted by Crippen LogP contribution is -2.32. The molecule has 6 atom stereocenters. The van der Waals surface area contributed by atoms with E-state index in [4.69, 9.17) is 30.9 Å². The summed E-state index contributed by atoms with van der Waals surface area (Å²) in [7, 11) is 0. The number of aliphatic carboxylic acids is 1. The number of carbonyl (C=O) groups is 2. The summed E-state index contributed by atoms with van der Waals surface area (Å²) < 4.78 is 65.1. The Morgan fingerprint density at radius 3 is 1.76 bits per heavy atom. The maximum atomic E-state index is 13.3. The molecule has 0 radical (unpaired) electrons. The highest BCUT2D eigenvalue weighted by Crippen LogP contribution is 2.48. The highest BCUT2D eigenvalue weighted by atomic mass is 19.1. The first kappa shape index (κ1) is 33.2. The molecule has 2 fully saturated rings. The third-order valence-electron chi connectivity index (χ3n) is 8.25. The number of nitrogens with zero attached hydrogens (tertiary/aromatic N) is 2. The van der Waals surface area contributed by atoms with Crippen molar-refractivity contribution in [3.05, 3.63) is 119 Å². The van der Waals surface area contributed by atoms with Crippen molar-refractivity contribution in [2.24, 2.45) is 17.6 Å². The van der Waals surface area contributed by atoms with Crippen molar-refractivity contribution in [3.63, 3.8) is 0 Å². The molecule has 2 aromatic carbocycles. The van der Waals surface area contributed by atoms with Gasteiger partial charge in [-0.1, -0.05) is 30.3 Å². The fourth-order valence-electron chi connectivity index (χ4n) is 5.32. The number of amides is 1. The molecule has 13 heteroatoms. The van der Waals surface area contributed by atoms with Gasteiger partial charge >= 0.3 is 5.97 Å². The number of halogens is 2. The predicted molar refractivity (Wildman–Crippen MR) is 185 cm³/mol. The third kappa shape index (κ3) is 11.5. The summed E-state index contributed by atoms with van der Waals surface area (Å²) in [6.07, 6.45) is 4.17. The fraction of sp³-hybridized carbons (Fsp3) is 0.368. The Hall–Kier alpha value is -4.98. The van der Waals surface area contributed by atoms with E-state index in [0.29, 0.717) is 24.0 Å². The Labute approximate surface area is 301 Å². The maximum absolute atomic E-state index is 13.3. The second-order valence-corrected chi connectivity index (χ2v) is 11.9. The number of carboxylic acid groups (broad SMARTS) is 1. The zero-order chi connectivity index (χ0) is 40.5. The smallest absolute Gasteiger partial charge is 0.307 e. The average Bonchev–Trinajstić information content (AvgIpc) is 4.05. The minimum atomic E-state index is -1.85. The molecule has 2 saturated carbocycles. The zero-order valence-corrected chi connectivity index (χ0v) is 28.1. The maximum Gasteiger partial charge on any atom is 0.307 e. The summed E-state index contributed by atoms with van der Waals surface area (Å²) in [5, 5.41) is 29.9. The molecular formula is C38H44F2N4O7. The van der Waals surface area contributed by atoms with Crippen LogP contribution in [0.25, 0.3) is 0 Å². The Morgan fingerprint density at radius 2 is 1.35 bits per heavy atom. The van der Waals surface area contributed by atoms with Gasteiger partial charge in [0.1, 0.15) is 11.6 Å². The van der Waals surface area contributed by atoms with Crippen LogP contribution in [-0.4, -0.2) is 63.5 Å². The van der Waals surface area contributed by atoms with Crippen LogP contribution in [0.5, 0.6) is 11.8 Å². The van der Waals surface area contributed by atoms with Crippen LogP contribution >= 0.6 is 0 Å². The first-order chi connectivity index (χ1) is 25.9. The highest BCUT2D eigenvalue weighted by Gasteiger charge is 2.45. The van der Waals surface area contributed by atoms with Gasteiger partial charge in [-0.2, -0.15) is 0 Å². The van der Waals surface area contributed by atoms with Gasteiger partial charge in [0.25, 0.3) is 0 Å². The van der Waals surface area contributed by atoms with Gasteiger partial charge in [0.15, 0.2) is 0 Å². The van der Waals surface area contributed by atoms with E-state index < -0.39 is 31.2 Å². The van der Waals surface area contributed by atoms with Crippen LogP contribution in [0, 0.1) is 23.5 Å². The van der Waals surface area contributed by atoms with Gasteiger partial charge in [0, 0.05) is 30.4 Å². The molecule has 0 spiro atoms. The topological polar surface area (TPSA) is 177 Å². The van der Waals surface area contributed by atoms with Gasteiger partial charge < -0.3 is 35.8 Å². The van der Waals surface area contributed by atoms with Crippen molar-refractivity contribution >= 4 is 11.9 Å². The highest BCUT2D eigenvalue weighted by molar-refractivity contribution is 5.83. The van der Waals surface area contributed by atoms with Gasteiger partial charge in [0.05, 0.1) is 49.8 Å². The van der Waals surface area contributed by atoms with E-state index >= 15 is 0 Å². The van der Waals surface area contributed by atoms with Crippen LogP contribution in [0.1, 0.15) is 78.3 Å². The first-order valence-corrected chi connectivity index (χ1v) is 16.2. The molecule has 51 heavy (non-hydrogen) atoms. The lowest BCUT2D eigenvalue weighted by molar-refractivity contribution is -0.138. The molecule has 6 rings (SSSR count). The van der Waals surface area contributed by atoms with E-state index in [-0.39, 0.29) is 66.2 Å². The minimum Gasteiger partial charge on any atom is -0.481 e. The number of pyridine rings is 2. The molecule has 2 aromatic heterocycles. The zero-order valence-electron chi connectivity index (χ0n) is 32.1. The van der Waals surface area contributed by atoms with E-state index in [1.54, 1.807) is 36.4 Å². The lowest BCUT2D eigenvalue weighted by atomic mass is 10.1. The van der Waals surface area contributed by atoms with E-state index in [2.05, 4.69) is 15.3 Å². The quantitative estimate of drug-likeness (QED) is 0.126. The summed E-state index contributed by atoms with van der Waals surface area (Å²) in [4.78, 5) is 30.9. The molecule has 11 nitrogen and oxygen atoms in total. The predicted octanol–water partition coefficient (Wildman–Crippen LogP) is 5.06. The molecule has 2 aliphatic carbocycles. The number of aliphatic hydroxyl groups excluding tert-OH is 2. The number of carbonyl (C=O) groups excluding carboxylic acids is 1. The van der Waals surface area contributed by atoms with Crippen molar-refractivity contribution < 1.29 is 48.6 Å². The monoisotopic (exact) mass is 710 g/mol. The lowest BCUT2D eigenvalue weighted by Gasteiger charge is -2.17. The molecule has 6 N–H and O–H groups in total. The normalized spacial score (nSPS) is 21.2. The van der Waals surface area contributed by atoms with Gasteiger partial charge in [-0.3, -0.25) is 9.59 Å². The van der Waals surface area contributed by atoms with E-state index in [1.165, 1.54) is 62.6 Å². The number of rotatable bonds is 13. The molecule has 1 amide bonds. The summed E-state index contributed by atoms with van der Waals surface area (Å²) in [5.74, 6) is -1.84. The van der Waals surface area contributed by atoms with Crippen molar-refractivity contribution in [2.45, 2.75) is 50.6 Å². The molecule has 2 aliphatic rings. The van der Waals surface area contributed by atoms with Crippen molar-refractivity contribution in [1.82, 2.24) is 15.3 Å². The van der Waals surface area contributed by atoms with Gasteiger partial charge in [-0.05, 0) is 91.1 Å². The molecule has 4 aromatic rings. The van der Waals surface area contributed by atoms with Crippen LogP contribution < -0.4 is 20.5 Å². The SMILES string of the molecule is O=C(O)[C@H]1C[C@@H]1c1cccc(F)c1.[2H]C([2H])(C)Oc1ccc([C@@H](N)CO)cn1.[2H]C([2H])(C)Oc1ccc([C@H](CO)NC(=O)[C@H]2C[C@@H]2c2cccc(F)c2)cn1. The molecule has 272 valence electrons. The largest absolute Gasteiger partial charge is 0.481 e. The molecular weight excluding hydrogens is 662 g/mol. The summed E-state index contributed by atoms with van der Waals surface area (Å²) >= 11 is 0. The standard InChI is InChI=1S/C19H21FN2O3.C10H9FO2.C9H14N2O2/c1-2-25-18-7-6-13(10-21-18)17(11-23)22-19(24)16-9-15(16)12-4-3-5-14(20)8-12;11-7-3-1-2-6(4-7)8-5-9(8)10(12)13;1-2-13-9-4-3-7(5-11-9)8(10)6-12/h3-8,10,15-17,23H,2,9,11H2,1H3,(H,22,24);1-4,8-9H,5H2,(H,12,13);3-5,8,12H,2,6,10H2,1H3/t15-,16+,17+;8-,9+;8-/m110/s1/i2D2;;2D2. The Bertz CT molecular complexity index is 1880. The Kier molecular flexibility index (Phi) is 12.3. The van der Waals surface area contributed by atoms with Crippen LogP contribution in [0.4, 0.5) is 8.78 Å². The van der Waals surface area contributed by atoms with Gasteiger partial charge in [-0.15, -0.1) is 0 Å². The second kappa shape index (κ2) is 18.9. The number of nitrogens with one attached hydrogen (secondary N) is 1. The van der Waals surface area contributed by atoms with Crippen LogP contribution in [-0.2, 0) is 9.59 Å². The van der Waals surface area contributed by atoms with E-state index in [0.717, 1.165) is 11.1 Å². The number of ether oxygens (including phenoxy) is 2. The number of aliphatic hydroxyl groups is 2. The van der Waals surface area contributed by atoms with Crippen LogP contribution in [0.3, 0.4) is 0 Å². The molecule has 0 unspecified atom stereocenters. The average molecular weight is 711 g/mol. The molecule has 2 heterocycles. The van der Waals surface area contributed by atoms with Crippen molar-refractivity contribution in [3.8, 4) is 11.8 Å². The number of benzene rings is 2. The fourth-order valence-corrected chi connectivity index (χ4v) is 5.32. The summed E-state index contributed by atoms with van der Waals surface area (Å²) in [6.45, 7) is -1.51. The van der Waals surface area contributed by atoms with E-state index in [1.807, 2.05) is 0 Å². The Balaban J connectivity index is 0.000000202. The van der Waals surface area contributed by atoms with Gasteiger partial charge in [0.2, 0.25) is 17.7 Å². The van der Waals surface area contributed by atoms with Crippen LogP contribution in [0.15, 0.2) is 85.2 Å². The third-order valence-corrected chi connectivity index (χ3v) is 8.25. The number of hydrogen-bond acceptors (Lipinski definition) is 9. The molecule has 0 saturated heterocycles. The van der Waals surface area contributed by atoms with Crippen LogP contribution in [0.2, 0.25) is 0 Å². The number of nitrogens with two attached hydrogens (primary N) is 1. The summed E-state index contributed by atoms with van der Waals surface area (Å²) in [6, 6.07) is 17.6. The molecule has 0 bridgehead atoms. The Morgan fingerprint density at radius 1 is 0.843 bits per heavy atom. The summed E-state index contributed by atoms with van der Waals surface area (Å²) in [5.41, 5.74) is 8.43. The number of carboxylic acids is 1. The van der Waals surface area contributed by atoms with Crippen molar-refractivity contribution in [1.29, 1.82) is 0 Å². The minimum absolute atomic E-state index is 0.0132. The van der Waals surface area contributed by atoms with E-state index in [9.17, 15) is 23.5 Å². The second-order valence-electron chi connectivity index (χ2n) is 11.9. The van der Waals surface area contributed by atoms with Gasteiger partial charge in [-0.25, -0.2) is 18.7 Å².